The normalized spacial score (nSPS) is 11.0. The Morgan fingerprint density at radius 2 is 1.90 bits per heavy atom. The molecule has 0 spiro atoms. The molecule has 6 nitrogen and oxygen atoms in total. The monoisotopic (exact) mass is 443 g/mol. The summed E-state index contributed by atoms with van der Waals surface area (Å²) in [5.41, 5.74) is 2.76. The van der Waals surface area contributed by atoms with Gasteiger partial charge in [-0.1, -0.05) is 37.8 Å². The van der Waals surface area contributed by atoms with E-state index in [-0.39, 0.29) is 12.5 Å². The maximum atomic E-state index is 12.1. The molecule has 1 aromatic rings. The maximum absolute atomic E-state index is 12.1. The number of hydrogen-bond donors (Lipinski definition) is 2. The Kier molecular flexibility index (Phi) is 17.3. The number of rotatable bonds is 13. The van der Waals surface area contributed by atoms with Crippen LogP contribution in [-0.2, 0) is 9.53 Å². The number of nitrogens with one attached hydrogen (secondary N) is 2. The fourth-order valence-electron chi connectivity index (χ4n) is 1.92. The van der Waals surface area contributed by atoms with Crippen molar-refractivity contribution < 1.29 is 14.3 Å². The van der Waals surface area contributed by atoms with Gasteiger partial charge in [0.25, 0.3) is 5.91 Å². The van der Waals surface area contributed by atoms with Gasteiger partial charge in [-0.3, -0.25) is 9.79 Å². The maximum Gasteiger partial charge on any atom is 0.251 e. The van der Waals surface area contributed by atoms with E-state index in [1.54, 1.807) is 31.4 Å². The number of anilines is 1. The van der Waals surface area contributed by atoms with E-state index in [4.69, 9.17) is 0 Å². The minimum Gasteiger partial charge on any atom is -0.385 e. The molecule has 7 heteroatoms. The number of methoxy groups -OCH3 is 1. The summed E-state index contributed by atoms with van der Waals surface area (Å²) in [5, 5.41) is 7.55. The summed E-state index contributed by atoms with van der Waals surface area (Å²) in [6.07, 6.45) is 9.54. The lowest BCUT2D eigenvalue weighted by Gasteiger charge is -2.06. The van der Waals surface area contributed by atoms with Crippen LogP contribution in [0.15, 0.2) is 76.8 Å². The van der Waals surface area contributed by atoms with E-state index in [0.29, 0.717) is 17.1 Å². The van der Waals surface area contributed by atoms with Crippen LogP contribution in [0.25, 0.3) is 0 Å². The number of hydrogen-bond acceptors (Lipinski definition) is 6. The molecule has 0 aliphatic carbocycles. The number of thioether (sulfide) groups is 1. The summed E-state index contributed by atoms with van der Waals surface area (Å²) in [4.78, 5) is 26.4. The van der Waals surface area contributed by atoms with Crippen molar-refractivity contribution >= 4 is 36.4 Å². The molecule has 31 heavy (non-hydrogen) atoms. The van der Waals surface area contributed by atoms with E-state index in [1.165, 1.54) is 11.8 Å². The van der Waals surface area contributed by atoms with Crippen LogP contribution in [0.5, 0.6) is 0 Å². The van der Waals surface area contributed by atoms with Crippen molar-refractivity contribution in [3.05, 3.63) is 77.4 Å². The molecule has 0 aliphatic rings. The van der Waals surface area contributed by atoms with Crippen LogP contribution < -0.4 is 10.6 Å². The molecule has 1 amide bonds. The molecule has 0 aliphatic heterocycles. The summed E-state index contributed by atoms with van der Waals surface area (Å²) < 4.78 is 4.54. The number of benzene rings is 1. The van der Waals surface area contributed by atoms with Crippen molar-refractivity contribution in [1.82, 2.24) is 5.32 Å². The van der Waals surface area contributed by atoms with Crippen molar-refractivity contribution in [2.75, 3.05) is 31.5 Å². The lowest BCUT2D eigenvalue weighted by atomic mass is 10.2. The third kappa shape index (κ3) is 13.9. The van der Waals surface area contributed by atoms with E-state index in [1.807, 2.05) is 36.6 Å². The first kappa shape index (κ1) is 28.1. The largest absolute Gasteiger partial charge is 0.385 e. The third-order valence-corrected chi connectivity index (χ3v) is 4.32. The second-order valence-corrected chi connectivity index (χ2v) is 6.76. The van der Waals surface area contributed by atoms with Crippen molar-refractivity contribution in [3.63, 3.8) is 0 Å². The molecule has 0 unspecified atom stereocenters. The predicted octanol–water partition coefficient (Wildman–Crippen LogP) is 4.99. The fourth-order valence-corrected chi connectivity index (χ4v) is 2.60. The molecule has 2 N–H and O–H groups in total. The predicted molar refractivity (Wildman–Crippen MR) is 134 cm³/mol. The Morgan fingerprint density at radius 1 is 1.23 bits per heavy atom. The molecule has 168 valence electrons. The summed E-state index contributed by atoms with van der Waals surface area (Å²) in [7, 11) is 1.68. The van der Waals surface area contributed by atoms with E-state index in [2.05, 4.69) is 40.6 Å². The number of nitrogens with zero attached hydrogens (tertiary/aromatic N) is 1. The van der Waals surface area contributed by atoms with Gasteiger partial charge < -0.3 is 20.2 Å². The SMILES string of the molecule is C=N/C(=C\SCNC(=O)c1ccc(NCC=O)cc1)C(=C)/C=C\C=C/CC.CCOC. The number of allylic oxidation sites excluding steroid dienone is 4. The van der Waals surface area contributed by atoms with Gasteiger partial charge in [0.15, 0.2) is 0 Å². The van der Waals surface area contributed by atoms with Gasteiger partial charge in [-0.25, -0.2) is 0 Å². The zero-order valence-electron chi connectivity index (χ0n) is 18.6. The van der Waals surface area contributed by atoms with Crippen LogP contribution in [0.4, 0.5) is 5.69 Å². The summed E-state index contributed by atoms with van der Waals surface area (Å²) >= 11 is 1.40. The Morgan fingerprint density at radius 3 is 2.45 bits per heavy atom. The molecule has 0 fully saturated rings. The van der Waals surface area contributed by atoms with Crippen molar-refractivity contribution in [1.29, 1.82) is 0 Å². The van der Waals surface area contributed by atoms with Crippen LogP contribution in [0, 0.1) is 0 Å². The Labute approximate surface area is 190 Å². The average molecular weight is 444 g/mol. The lowest BCUT2D eigenvalue weighted by Crippen LogP contribution is -2.22. The molecule has 0 radical (unpaired) electrons. The smallest absolute Gasteiger partial charge is 0.251 e. The van der Waals surface area contributed by atoms with Crippen LogP contribution in [0.2, 0.25) is 0 Å². The average Bonchev–Trinajstić information content (AvgIpc) is 2.80. The molecule has 0 heterocycles. The number of aldehydes is 1. The molecule has 0 aromatic heterocycles. The molecular formula is C24H33N3O3S. The van der Waals surface area contributed by atoms with E-state index < -0.39 is 0 Å². The standard InChI is InChI=1S/C21H25N3O2S.C3H8O/c1-4-5-6-7-8-17(2)20(22-3)15-27-16-24-21(26)18-9-11-19(12-10-18)23-13-14-25;1-3-4-2/h5-12,14-15,23H,2-4,13,16H2,1H3,(H,24,26);3H2,1-2H3/b6-5-,8-7-,20-15-;. The fraction of sp³-hybridized carbons (Fsp3) is 0.292. The third-order valence-electron chi connectivity index (χ3n) is 3.62. The van der Waals surface area contributed by atoms with Crippen molar-refractivity contribution in [2.24, 2.45) is 4.99 Å². The Bertz CT molecular complexity index is 767. The highest BCUT2D eigenvalue weighted by molar-refractivity contribution is 8.02. The number of carbonyl (C=O) groups is 2. The zero-order valence-corrected chi connectivity index (χ0v) is 19.4. The van der Waals surface area contributed by atoms with Gasteiger partial charge in [0.2, 0.25) is 0 Å². The number of aliphatic imine (C=N–C) groups is 1. The minimum atomic E-state index is -0.172. The molecule has 0 saturated heterocycles. The topological polar surface area (TPSA) is 79.8 Å². The highest BCUT2D eigenvalue weighted by Gasteiger charge is 2.04. The molecule has 0 saturated carbocycles. The number of amides is 1. The van der Waals surface area contributed by atoms with Crippen LogP contribution >= 0.6 is 11.8 Å². The van der Waals surface area contributed by atoms with Gasteiger partial charge in [-0.15, -0.1) is 11.8 Å². The van der Waals surface area contributed by atoms with Crippen LogP contribution in [0.1, 0.15) is 30.6 Å². The highest BCUT2D eigenvalue weighted by atomic mass is 32.2. The van der Waals surface area contributed by atoms with Crippen LogP contribution in [0.3, 0.4) is 0 Å². The Balaban J connectivity index is 0.00000206. The zero-order chi connectivity index (χ0) is 23.3. The van der Waals surface area contributed by atoms with Gasteiger partial charge in [-0.05, 0) is 55.3 Å². The van der Waals surface area contributed by atoms with E-state index in [9.17, 15) is 9.59 Å². The van der Waals surface area contributed by atoms with Crippen LogP contribution in [-0.4, -0.2) is 45.0 Å². The molecule has 0 bridgehead atoms. The summed E-state index contributed by atoms with van der Waals surface area (Å²) in [6, 6.07) is 6.93. The Hall–Kier alpha value is -2.90. The van der Waals surface area contributed by atoms with Crippen molar-refractivity contribution in [3.8, 4) is 0 Å². The molecule has 1 aromatic carbocycles. The number of carbonyl (C=O) groups excluding carboxylic acids is 2. The van der Waals surface area contributed by atoms with Gasteiger partial charge in [-0.2, -0.15) is 0 Å². The molecular weight excluding hydrogens is 410 g/mol. The first-order valence-electron chi connectivity index (χ1n) is 9.89. The lowest BCUT2D eigenvalue weighted by molar-refractivity contribution is -0.106. The molecule has 1 rings (SSSR count). The first-order chi connectivity index (χ1) is 15.0. The quantitative estimate of drug-likeness (QED) is 0.148. The van der Waals surface area contributed by atoms with E-state index in [0.717, 1.165) is 30.6 Å². The highest BCUT2D eigenvalue weighted by Crippen LogP contribution is 2.16. The van der Waals surface area contributed by atoms with Gasteiger partial charge in [0, 0.05) is 25.0 Å². The number of ether oxygens (including phenoxy) is 1. The second kappa shape index (κ2) is 19.1. The van der Waals surface area contributed by atoms with Gasteiger partial charge in [0.1, 0.15) is 6.29 Å². The molecule has 0 atom stereocenters. The first-order valence-corrected chi connectivity index (χ1v) is 10.9. The minimum absolute atomic E-state index is 0.172. The second-order valence-electron chi connectivity index (χ2n) is 5.90. The van der Waals surface area contributed by atoms with Gasteiger partial charge >= 0.3 is 0 Å². The van der Waals surface area contributed by atoms with Crippen molar-refractivity contribution in [2.45, 2.75) is 20.3 Å². The summed E-state index contributed by atoms with van der Waals surface area (Å²) in [6.45, 7) is 12.6. The van der Waals surface area contributed by atoms with E-state index >= 15 is 0 Å². The summed E-state index contributed by atoms with van der Waals surface area (Å²) in [5.74, 6) is 0.227. The van der Waals surface area contributed by atoms with Gasteiger partial charge in [0.05, 0.1) is 18.1 Å².